The molecule has 1 aromatic heterocycles. The Morgan fingerprint density at radius 3 is 0.747 bits per heavy atom. The van der Waals surface area contributed by atoms with E-state index in [-0.39, 0.29) is 0 Å². The third-order valence-corrected chi connectivity index (χ3v) is 15.2. The zero-order chi connectivity index (χ0) is 49.7. The van der Waals surface area contributed by atoms with Crippen LogP contribution in [0.25, 0.3) is 138 Å². The highest BCUT2D eigenvalue weighted by molar-refractivity contribution is 6.22. The molecule has 75 heavy (non-hydrogen) atoms. The van der Waals surface area contributed by atoms with Crippen molar-refractivity contribution in [1.29, 1.82) is 0 Å². The molecule has 0 spiro atoms. The predicted octanol–water partition coefficient (Wildman–Crippen LogP) is 20.4. The van der Waals surface area contributed by atoms with E-state index in [0.717, 1.165) is 5.69 Å². The van der Waals surface area contributed by atoms with E-state index in [1.54, 1.807) is 0 Å². The summed E-state index contributed by atoms with van der Waals surface area (Å²) in [7, 11) is 0. The van der Waals surface area contributed by atoms with Gasteiger partial charge in [-0.3, -0.25) is 0 Å². The number of fused-ring (bicyclic) bond motifs is 5. The minimum Gasteiger partial charge on any atom is -0.309 e. The van der Waals surface area contributed by atoms with Crippen LogP contribution in [-0.2, 0) is 0 Å². The molecule has 0 aliphatic heterocycles. The highest BCUT2D eigenvalue weighted by Crippen LogP contribution is 2.47. The smallest absolute Gasteiger partial charge is 0.0541 e. The van der Waals surface area contributed by atoms with E-state index in [4.69, 9.17) is 0 Å². The summed E-state index contributed by atoms with van der Waals surface area (Å²) < 4.78 is 2.40. The van der Waals surface area contributed by atoms with Gasteiger partial charge >= 0.3 is 0 Å². The normalized spacial score (nSPS) is 11.5. The van der Waals surface area contributed by atoms with Crippen molar-refractivity contribution < 1.29 is 0 Å². The van der Waals surface area contributed by atoms with Crippen LogP contribution in [0.5, 0.6) is 0 Å². The lowest BCUT2D eigenvalue weighted by Crippen LogP contribution is -1.93. The molecule has 0 atom stereocenters. The number of hydrogen-bond acceptors (Lipinski definition) is 0. The first-order valence-corrected chi connectivity index (χ1v) is 25.9. The lowest BCUT2D eigenvalue weighted by atomic mass is 9.83. The molecular formula is C74H49N. The molecule has 0 saturated carbocycles. The summed E-state index contributed by atoms with van der Waals surface area (Å²) in [5.41, 5.74) is 22.8. The monoisotopic (exact) mass is 951 g/mol. The maximum absolute atomic E-state index is 2.42. The quantitative estimate of drug-likeness (QED) is 0.127. The van der Waals surface area contributed by atoms with Crippen molar-refractivity contribution in [1.82, 2.24) is 4.57 Å². The van der Waals surface area contributed by atoms with Gasteiger partial charge < -0.3 is 4.57 Å². The summed E-state index contributed by atoms with van der Waals surface area (Å²) in [5.74, 6) is 0. The van der Waals surface area contributed by atoms with Gasteiger partial charge in [0.05, 0.1) is 11.0 Å². The summed E-state index contributed by atoms with van der Waals surface area (Å²) in [4.78, 5) is 0. The first-order valence-electron chi connectivity index (χ1n) is 25.9. The Kier molecular flexibility index (Phi) is 10.9. The molecule has 0 aliphatic rings. The molecule has 0 bridgehead atoms. The fourth-order valence-electron chi connectivity index (χ4n) is 11.5. The number of benzene rings is 13. The molecule has 0 radical (unpaired) electrons. The number of hydrogen-bond donors (Lipinski definition) is 0. The van der Waals surface area contributed by atoms with Gasteiger partial charge in [0.1, 0.15) is 0 Å². The molecule has 0 N–H and O–H groups in total. The van der Waals surface area contributed by atoms with Gasteiger partial charge in [-0.05, 0) is 159 Å². The Morgan fingerprint density at radius 2 is 0.400 bits per heavy atom. The van der Waals surface area contributed by atoms with Gasteiger partial charge in [-0.25, -0.2) is 0 Å². The lowest BCUT2D eigenvalue weighted by molar-refractivity contribution is 1.18. The van der Waals surface area contributed by atoms with E-state index in [1.165, 1.54) is 132 Å². The van der Waals surface area contributed by atoms with Gasteiger partial charge in [-0.2, -0.15) is 0 Å². The van der Waals surface area contributed by atoms with Crippen molar-refractivity contribution in [3.63, 3.8) is 0 Å². The number of para-hydroxylation sites is 1. The van der Waals surface area contributed by atoms with Gasteiger partial charge in [0.25, 0.3) is 0 Å². The number of nitrogens with zero attached hydrogens (tertiary/aromatic N) is 1. The van der Waals surface area contributed by atoms with E-state index >= 15 is 0 Å². The predicted molar refractivity (Wildman–Crippen MR) is 319 cm³/mol. The molecule has 0 aliphatic carbocycles. The van der Waals surface area contributed by atoms with Gasteiger partial charge in [0.2, 0.25) is 0 Å². The molecule has 0 unspecified atom stereocenters. The highest BCUT2D eigenvalue weighted by atomic mass is 15.0. The largest absolute Gasteiger partial charge is 0.309 e. The highest BCUT2D eigenvalue weighted by Gasteiger charge is 2.20. The molecule has 13 aromatic carbocycles. The second kappa shape index (κ2) is 18.7. The molecule has 0 amide bonds. The van der Waals surface area contributed by atoms with Crippen LogP contribution in [0.1, 0.15) is 0 Å². The van der Waals surface area contributed by atoms with Crippen LogP contribution in [0.15, 0.2) is 297 Å². The Labute approximate surface area is 437 Å². The third kappa shape index (κ3) is 7.99. The zero-order valence-corrected chi connectivity index (χ0v) is 41.2. The second-order valence-electron chi connectivity index (χ2n) is 19.6. The Bertz CT molecular complexity index is 4370. The SMILES string of the molecule is c1ccc(-c2ccc(-c3ccc(-c4c5ccc(-c6ccccc6)cc5c(-c5ccc(-c6ccc7c(c6)c6cc(-c8ccccc8)ccc6n7-c6ccccc6)cc5)c5ccc(-c6ccccc6)cc45)cc3)cc2)cc1. The summed E-state index contributed by atoms with van der Waals surface area (Å²) in [6.45, 7) is 0. The van der Waals surface area contributed by atoms with Crippen molar-refractivity contribution >= 4 is 43.4 Å². The van der Waals surface area contributed by atoms with Crippen LogP contribution in [0.2, 0.25) is 0 Å². The van der Waals surface area contributed by atoms with Crippen LogP contribution >= 0.6 is 0 Å². The van der Waals surface area contributed by atoms with Crippen molar-refractivity contribution in [2.24, 2.45) is 0 Å². The molecule has 1 nitrogen and oxygen atoms in total. The fraction of sp³-hybridized carbons (Fsp3) is 0. The van der Waals surface area contributed by atoms with E-state index < -0.39 is 0 Å². The third-order valence-electron chi connectivity index (χ3n) is 15.2. The fourth-order valence-corrected chi connectivity index (χ4v) is 11.5. The van der Waals surface area contributed by atoms with Crippen molar-refractivity contribution in [2.75, 3.05) is 0 Å². The van der Waals surface area contributed by atoms with Crippen LogP contribution in [0, 0.1) is 0 Å². The number of aromatic nitrogens is 1. The molecule has 350 valence electrons. The zero-order valence-electron chi connectivity index (χ0n) is 41.2. The molecule has 14 aromatic rings. The summed E-state index contributed by atoms with van der Waals surface area (Å²) in [6, 6.07) is 109. The average molecular weight is 952 g/mol. The van der Waals surface area contributed by atoms with Crippen LogP contribution < -0.4 is 0 Å². The molecule has 0 saturated heterocycles. The van der Waals surface area contributed by atoms with E-state index in [0.29, 0.717) is 0 Å². The van der Waals surface area contributed by atoms with Crippen molar-refractivity contribution in [3.05, 3.63) is 297 Å². The molecule has 1 heteroatoms. The summed E-state index contributed by atoms with van der Waals surface area (Å²) in [5, 5.41) is 7.37. The minimum atomic E-state index is 1.15. The van der Waals surface area contributed by atoms with E-state index in [2.05, 4.69) is 302 Å². The van der Waals surface area contributed by atoms with Crippen molar-refractivity contribution in [3.8, 4) is 94.7 Å². The van der Waals surface area contributed by atoms with E-state index in [1.807, 2.05) is 0 Å². The standard InChI is InChI=1S/C74H49N/c1-6-16-50(17-7-1)54-26-28-55(29-27-54)56-30-34-58(35-31-56)73-65-42-38-61(52-20-10-3-11-21-52)49-70(65)74(66-43-39-60(48-69(66)73)51-18-8-2-9-19-51)59-36-32-57(33-37-59)63-41-45-72-68(47-63)67-46-62(53-22-12-4-13-23-53)40-44-71(67)75(72)64-24-14-5-15-25-64/h1-49H. The van der Waals surface area contributed by atoms with Crippen LogP contribution in [-0.4, -0.2) is 4.57 Å². The summed E-state index contributed by atoms with van der Waals surface area (Å²) in [6.07, 6.45) is 0. The Balaban J connectivity index is 0.929. The molecular weight excluding hydrogens is 903 g/mol. The topological polar surface area (TPSA) is 4.93 Å². The Morgan fingerprint density at radius 1 is 0.160 bits per heavy atom. The number of rotatable bonds is 9. The molecule has 1 heterocycles. The van der Waals surface area contributed by atoms with Crippen molar-refractivity contribution in [2.45, 2.75) is 0 Å². The van der Waals surface area contributed by atoms with Gasteiger partial charge in [0.15, 0.2) is 0 Å². The van der Waals surface area contributed by atoms with Crippen LogP contribution in [0.4, 0.5) is 0 Å². The maximum atomic E-state index is 2.42. The maximum Gasteiger partial charge on any atom is 0.0541 e. The first kappa shape index (κ1) is 43.9. The molecule has 14 rings (SSSR count). The Hall–Kier alpha value is -9.82. The summed E-state index contributed by atoms with van der Waals surface area (Å²) >= 11 is 0. The first-order chi connectivity index (χ1) is 37.2. The van der Waals surface area contributed by atoms with Crippen LogP contribution in [0.3, 0.4) is 0 Å². The minimum absolute atomic E-state index is 1.15. The lowest BCUT2D eigenvalue weighted by Gasteiger charge is -2.20. The van der Waals surface area contributed by atoms with Gasteiger partial charge in [-0.15, -0.1) is 0 Å². The average Bonchev–Trinajstić information content (AvgIpc) is 3.83. The second-order valence-corrected chi connectivity index (χ2v) is 19.6. The molecule has 0 fully saturated rings. The van der Waals surface area contributed by atoms with Gasteiger partial charge in [0, 0.05) is 16.5 Å². The van der Waals surface area contributed by atoms with E-state index in [9.17, 15) is 0 Å². The van der Waals surface area contributed by atoms with Gasteiger partial charge in [-0.1, -0.05) is 249 Å².